The lowest BCUT2D eigenvalue weighted by Crippen LogP contribution is -2.64. The molecule has 23 heteroatoms. The Kier molecular flexibility index (Phi) is 20.9. The van der Waals surface area contributed by atoms with Crippen LogP contribution >= 0.6 is 0 Å². The monoisotopic (exact) mass is 1010 g/mol. The summed E-state index contributed by atoms with van der Waals surface area (Å²) in [5, 5.41) is 19.1. The summed E-state index contributed by atoms with van der Waals surface area (Å²) >= 11 is 0. The third kappa shape index (κ3) is 16.8. The number of H-pyrrole nitrogens is 2. The van der Waals surface area contributed by atoms with Crippen molar-refractivity contribution >= 4 is 69.9 Å². The van der Waals surface area contributed by atoms with Gasteiger partial charge in [0.2, 0.25) is 53.0 Å². The van der Waals surface area contributed by atoms with Gasteiger partial charge in [-0.3, -0.25) is 47.9 Å². The number of rotatable bonds is 28. The fraction of sp³-hybridized carbons (Fsp3) is 0.460. The summed E-state index contributed by atoms with van der Waals surface area (Å²) in [4.78, 5) is 143. The topological polar surface area (TPSA) is 377 Å². The number of aromatic amines is 2. The minimum absolute atomic E-state index is 0.0948. The number of carbonyl (C=O) groups is 10. The molecule has 0 spiro atoms. The molecule has 4 aromatic rings. The van der Waals surface area contributed by atoms with E-state index in [-0.39, 0.29) is 32.1 Å². The number of fused-ring (bicyclic) bond motifs is 1. The Bertz CT molecular complexity index is 2600. The molecule has 73 heavy (non-hydrogen) atoms. The molecule has 23 nitrogen and oxygen atoms in total. The lowest BCUT2D eigenvalue weighted by molar-refractivity contribution is -0.140. The second-order valence-corrected chi connectivity index (χ2v) is 19.0. The first-order valence-corrected chi connectivity index (χ1v) is 24.0. The minimum atomic E-state index is -1.73. The number of amides is 9. The molecule has 15 N–H and O–H groups in total. The summed E-state index contributed by atoms with van der Waals surface area (Å²) < 4.78 is 0. The summed E-state index contributed by atoms with van der Waals surface area (Å²) in [5.74, 6) is -9.64. The molecule has 0 aliphatic heterocycles. The number of para-hydroxylation sites is 1. The van der Waals surface area contributed by atoms with Gasteiger partial charge in [-0.1, -0.05) is 82.6 Å². The molecule has 0 aliphatic rings. The quantitative estimate of drug-likeness (QED) is 0.0308. The first kappa shape index (κ1) is 57.6. The molecule has 0 aliphatic carbocycles. The van der Waals surface area contributed by atoms with Gasteiger partial charge in [0, 0.05) is 48.3 Å². The third-order valence-corrected chi connectivity index (χ3v) is 12.3. The lowest BCUT2D eigenvalue weighted by atomic mass is 9.94. The number of carbonyl (C=O) groups excluding carboxylic acids is 10. The van der Waals surface area contributed by atoms with Gasteiger partial charge in [0.1, 0.15) is 35.7 Å². The highest BCUT2D eigenvalue weighted by molar-refractivity contribution is 6.38. The predicted octanol–water partition coefficient (Wildman–Crippen LogP) is -0.908. The van der Waals surface area contributed by atoms with E-state index in [9.17, 15) is 47.9 Å². The largest absolute Gasteiger partial charge is 0.370 e. The number of benzene rings is 2. The van der Waals surface area contributed by atoms with E-state index >= 15 is 0 Å². The zero-order chi connectivity index (χ0) is 54.2. The highest BCUT2D eigenvalue weighted by Gasteiger charge is 2.39. The molecule has 2 heterocycles. The van der Waals surface area contributed by atoms with Gasteiger partial charge in [-0.05, 0) is 62.6 Å². The van der Waals surface area contributed by atoms with Gasteiger partial charge in [0.25, 0.3) is 5.91 Å². The molecule has 2 aromatic carbocycles. The van der Waals surface area contributed by atoms with Crippen LogP contribution in [0.4, 0.5) is 0 Å². The van der Waals surface area contributed by atoms with Crippen molar-refractivity contribution in [3.05, 3.63) is 90.1 Å². The van der Waals surface area contributed by atoms with Crippen LogP contribution in [0.25, 0.3) is 10.9 Å². The average Bonchev–Trinajstić information content (AvgIpc) is 4.02. The van der Waals surface area contributed by atoms with Crippen LogP contribution in [-0.2, 0) is 67.2 Å². The van der Waals surface area contributed by atoms with Crippen molar-refractivity contribution < 1.29 is 47.9 Å². The van der Waals surface area contributed by atoms with Gasteiger partial charge in [-0.25, -0.2) is 4.98 Å². The average molecular weight is 1010 g/mol. The van der Waals surface area contributed by atoms with Crippen molar-refractivity contribution in [2.24, 2.45) is 29.0 Å². The van der Waals surface area contributed by atoms with Crippen LogP contribution in [0.2, 0.25) is 0 Å². The molecular formula is C50H69N13O10. The minimum Gasteiger partial charge on any atom is -0.370 e. The molecule has 0 saturated carbocycles. The van der Waals surface area contributed by atoms with Crippen LogP contribution in [0, 0.1) is 11.8 Å². The number of primary amides is 2. The van der Waals surface area contributed by atoms with Gasteiger partial charge in [-0.2, -0.15) is 0 Å². The third-order valence-electron chi connectivity index (χ3n) is 12.3. The first-order chi connectivity index (χ1) is 34.4. The number of hydrogen-bond donors (Lipinski definition) is 12. The van der Waals surface area contributed by atoms with Gasteiger partial charge in [0.15, 0.2) is 0 Å². The van der Waals surface area contributed by atoms with Crippen molar-refractivity contribution in [1.82, 2.24) is 52.2 Å². The van der Waals surface area contributed by atoms with Gasteiger partial charge < -0.3 is 64.4 Å². The Hall–Kier alpha value is -7.95. The Labute approximate surface area is 422 Å². The van der Waals surface area contributed by atoms with E-state index in [1.165, 1.54) is 33.3 Å². The van der Waals surface area contributed by atoms with Gasteiger partial charge >= 0.3 is 0 Å². The number of ketones is 1. The van der Waals surface area contributed by atoms with Crippen LogP contribution in [0.5, 0.6) is 0 Å². The molecule has 0 saturated heterocycles. The number of imidazole rings is 1. The summed E-state index contributed by atoms with van der Waals surface area (Å²) in [5.41, 5.74) is 17.8. The van der Waals surface area contributed by atoms with Crippen molar-refractivity contribution in [1.29, 1.82) is 0 Å². The molecule has 4 rings (SSSR count). The number of nitrogens with one attached hydrogen (secondary N) is 9. The standard InChI is InChI=1S/C50H69N13O10/c1-8-27(4)40(41(65)42(53)66)62-47(71)37(22-31-24-54-25-56-31)60-49(73)50(6,7)63-48(72)39(26(2)3)61-43(67)28(5)57-46(70)36(21-30-23-55-34-17-13-12-16-32(30)34)59-45(69)35(18-19-38(52)64)58-44(68)33(51)20-29-14-10-9-11-15-29/h9-17,23-28,33,35-37,39-40,55H,8,18-22,51H2,1-7H3,(H2,52,64)(H2,53,66)(H,54,56)(H,57,70)(H,58,68)(H,59,69)(H,60,73)(H,61,67)(H,62,71)(H,63,72)/t27-,28-,33+,35-,36-,37-,39-,40-/m0/s1. The SMILES string of the molecule is CC[C@H](C)[C@H](NC(=O)[C@H](Cc1cnc[nH]1)NC(=O)C(C)(C)NC(=O)[C@@H](NC(=O)[C@H](C)NC(=O)[C@H](Cc1c[nH]c2ccccc12)NC(=O)[C@H](CCC(N)=O)NC(=O)[C@H](N)Cc1ccccc1)C(C)C)C(=O)C(N)=O. The highest BCUT2D eigenvalue weighted by atomic mass is 16.2. The fourth-order valence-corrected chi connectivity index (χ4v) is 7.71. The summed E-state index contributed by atoms with van der Waals surface area (Å²) in [6, 6.07) is 7.23. The van der Waals surface area contributed by atoms with E-state index in [1.54, 1.807) is 64.2 Å². The maximum Gasteiger partial charge on any atom is 0.287 e. The van der Waals surface area contributed by atoms with E-state index in [0.717, 1.165) is 16.5 Å². The maximum atomic E-state index is 14.2. The van der Waals surface area contributed by atoms with Crippen LogP contribution < -0.4 is 54.4 Å². The number of nitrogens with two attached hydrogens (primary N) is 3. The number of aromatic nitrogens is 3. The molecule has 9 amide bonds. The smallest absolute Gasteiger partial charge is 0.287 e. The van der Waals surface area contributed by atoms with E-state index in [0.29, 0.717) is 17.7 Å². The second kappa shape index (κ2) is 26.5. The Morgan fingerprint density at radius 2 is 1.26 bits per heavy atom. The number of Topliss-reactive ketones (excluding diaryl/α,β-unsaturated/α-hetero) is 1. The van der Waals surface area contributed by atoms with Crippen LogP contribution in [0.3, 0.4) is 0 Å². The first-order valence-electron chi connectivity index (χ1n) is 24.0. The van der Waals surface area contributed by atoms with Crippen LogP contribution in [-0.4, -0.2) is 122 Å². The van der Waals surface area contributed by atoms with Gasteiger partial charge in [-0.15, -0.1) is 0 Å². The van der Waals surface area contributed by atoms with Crippen molar-refractivity contribution in [3.8, 4) is 0 Å². The maximum absolute atomic E-state index is 14.2. The number of nitrogens with zero attached hydrogens (tertiary/aromatic N) is 1. The molecule has 394 valence electrons. The van der Waals surface area contributed by atoms with Gasteiger partial charge in [0.05, 0.1) is 18.4 Å². The summed E-state index contributed by atoms with van der Waals surface area (Å²) in [6.45, 7) is 10.8. The zero-order valence-corrected chi connectivity index (χ0v) is 42.1. The second-order valence-electron chi connectivity index (χ2n) is 19.0. The molecule has 0 fully saturated rings. The molecular weight excluding hydrogens is 943 g/mol. The summed E-state index contributed by atoms with van der Waals surface area (Å²) in [7, 11) is 0. The number of hydrogen-bond acceptors (Lipinski definition) is 12. The van der Waals surface area contributed by atoms with E-state index in [4.69, 9.17) is 17.2 Å². The molecule has 8 atom stereocenters. The normalized spacial score (nSPS) is 14.7. The van der Waals surface area contributed by atoms with E-state index < -0.39 is 119 Å². The molecule has 2 aromatic heterocycles. The Morgan fingerprint density at radius 1 is 0.658 bits per heavy atom. The summed E-state index contributed by atoms with van der Waals surface area (Å²) in [6.07, 6.45) is 4.28. The van der Waals surface area contributed by atoms with E-state index in [1.807, 2.05) is 24.3 Å². The van der Waals surface area contributed by atoms with Crippen LogP contribution in [0.1, 0.15) is 84.5 Å². The zero-order valence-electron chi connectivity index (χ0n) is 42.1. The van der Waals surface area contributed by atoms with E-state index in [2.05, 4.69) is 52.2 Å². The Balaban J connectivity index is 1.50. The fourth-order valence-electron chi connectivity index (χ4n) is 7.71. The van der Waals surface area contributed by atoms with Crippen LogP contribution in [0.15, 0.2) is 73.3 Å². The lowest BCUT2D eigenvalue weighted by Gasteiger charge is -2.32. The van der Waals surface area contributed by atoms with Crippen molar-refractivity contribution in [3.63, 3.8) is 0 Å². The predicted molar refractivity (Wildman–Crippen MR) is 269 cm³/mol. The Morgan fingerprint density at radius 3 is 1.88 bits per heavy atom. The molecule has 0 radical (unpaired) electrons. The van der Waals surface area contributed by atoms with Crippen molar-refractivity contribution in [2.45, 2.75) is 135 Å². The highest BCUT2D eigenvalue weighted by Crippen LogP contribution is 2.20. The van der Waals surface area contributed by atoms with Crippen molar-refractivity contribution in [2.75, 3.05) is 0 Å². The molecule has 0 unspecified atom stereocenters. The molecule has 0 bridgehead atoms.